The van der Waals surface area contributed by atoms with E-state index in [1.165, 1.54) is 16.5 Å². The normalized spacial score (nSPS) is 12.1. The lowest BCUT2D eigenvalue weighted by atomic mass is 10.00. The summed E-state index contributed by atoms with van der Waals surface area (Å²) in [4.78, 5) is 27.1. The van der Waals surface area contributed by atoms with Crippen LogP contribution >= 0.6 is 0 Å². The molecule has 0 unspecified atom stereocenters. The zero-order chi connectivity index (χ0) is 22.3. The van der Waals surface area contributed by atoms with Gasteiger partial charge >= 0.3 is 0 Å². The van der Waals surface area contributed by atoms with E-state index in [1.54, 1.807) is 25.1 Å². The first-order chi connectivity index (χ1) is 14.2. The van der Waals surface area contributed by atoms with E-state index < -0.39 is 6.04 Å². The standard InChI is InChI=1S/C25H33FN2O2/c1-17(2)21-13-10-20(11-14-21)12-15-24(29)28(19(5)25(30)27-18(3)4)16-22-8-6-7-9-23(22)26/h6-11,13-14,17-19H,12,15-16H2,1-5H3,(H,27,30)/t19-/m0/s1. The molecule has 0 aliphatic heterocycles. The van der Waals surface area contributed by atoms with Crippen molar-refractivity contribution in [2.24, 2.45) is 0 Å². The molecule has 0 aliphatic rings. The summed E-state index contributed by atoms with van der Waals surface area (Å²) in [6.45, 7) is 9.77. The Labute approximate surface area is 179 Å². The van der Waals surface area contributed by atoms with Crippen molar-refractivity contribution in [3.05, 3.63) is 71.0 Å². The van der Waals surface area contributed by atoms with Gasteiger partial charge in [-0.05, 0) is 50.3 Å². The summed E-state index contributed by atoms with van der Waals surface area (Å²) in [5.41, 5.74) is 2.72. The van der Waals surface area contributed by atoms with E-state index in [9.17, 15) is 14.0 Å². The van der Waals surface area contributed by atoms with Gasteiger partial charge in [-0.1, -0.05) is 56.3 Å². The van der Waals surface area contributed by atoms with Gasteiger partial charge in [-0.15, -0.1) is 0 Å². The summed E-state index contributed by atoms with van der Waals surface area (Å²) < 4.78 is 14.2. The molecule has 0 radical (unpaired) electrons. The SMILES string of the molecule is CC(C)NC(=O)[C@H](C)N(Cc1ccccc1F)C(=O)CCc1ccc(C(C)C)cc1. The van der Waals surface area contributed by atoms with Gasteiger partial charge in [0.15, 0.2) is 0 Å². The monoisotopic (exact) mass is 412 g/mol. The largest absolute Gasteiger partial charge is 0.352 e. The molecular weight excluding hydrogens is 379 g/mol. The number of carbonyl (C=O) groups excluding carboxylic acids is 2. The molecule has 2 rings (SSSR count). The van der Waals surface area contributed by atoms with Gasteiger partial charge in [0, 0.05) is 24.6 Å². The van der Waals surface area contributed by atoms with Crippen molar-refractivity contribution < 1.29 is 14.0 Å². The van der Waals surface area contributed by atoms with Gasteiger partial charge < -0.3 is 10.2 Å². The fourth-order valence-electron chi connectivity index (χ4n) is 3.26. The van der Waals surface area contributed by atoms with Crippen molar-refractivity contribution in [2.45, 2.75) is 72.0 Å². The number of aryl methyl sites for hydroxylation is 1. The Bertz CT molecular complexity index is 846. The first-order valence-corrected chi connectivity index (χ1v) is 10.6. The molecule has 4 nitrogen and oxygen atoms in total. The highest BCUT2D eigenvalue weighted by molar-refractivity contribution is 5.87. The van der Waals surface area contributed by atoms with E-state index in [2.05, 4.69) is 31.3 Å². The average Bonchev–Trinajstić information content (AvgIpc) is 2.70. The molecule has 0 saturated carbocycles. The van der Waals surface area contributed by atoms with Gasteiger partial charge in [-0.2, -0.15) is 0 Å². The quantitative estimate of drug-likeness (QED) is 0.642. The van der Waals surface area contributed by atoms with E-state index >= 15 is 0 Å². The minimum atomic E-state index is -0.692. The fourth-order valence-corrected chi connectivity index (χ4v) is 3.26. The molecule has 1 atom stereocenters. The Balaban J connectivity index is 2.14. The number of halogens is 1. The van der Waals surface area contributed by atoms with Gasteiger partial charge in [0.05, 0.1) is 0 Å². The number of hydrogen-bond donors (Lipinski definition) is 1. The van der Waals surface area contributed by atoms with E-state index in [-0.39, 0.29) is 36.6 Å². The molecule has 2 aromatic rings. The summed E-state index contributed by atoms with van der Waals surface area (Å²) in [5.74, 6) is -0.332. The van der Waals surface area contributed by atoms with Crippen molar-refractivity contribution in [1.29, 1.82) is 0 Å². The molecule has 0 heterocycles. The molecule has 0 aromatic heterocycles. The number of nitrogens with one attached hydrogen (secondary N) is 1. The topological polar surface area (TPSA) is 49.4 Å². The van der Waals surface area contributed by atoms with E-state index in [0.29, 0.717) is 17.9 Å². The van der Waals surface area contributed by atoms with Crippen molar-refractivity contribution in [1.82, 2.24) is 10.2 Å². The smallest absolute Gasteiger partial charge is 0.242 e. The third kappa shape index (κ3) is 6.68. The molecule has 5 heteroatoms. The molecule has 0 spiro atoms. The van der Waals surface area contributed by atoms with Crippen LogP contribution in [-0.2, 0) is 22.6 Å². The van der Waals surface area contributed by atoms with Crippen LogP contribution in [0.5, 0.6) is 0 Å². The molecule has 0 aliphatic carbocycles. The van der Waals surface area contributed by atoms with Gasteiger partial charge in [0.1, 0.15) is 11.9 Å². The van der Waals surface area contributed by atoms with Crippen LogP contribution in [0.4, 0.5) is 4.39 Å². The fraction of sp³-hybridized carbons (Fsp3) is 0.440. The molecule has 0 bridgehead atoms. The maximum atomic E-state index is 14.2. The maximum absolute atomic E-state index is 14.2. The third-order valence-electron chi connectivity index (χ3n) is 5.17. The van der Waals surface area contributed by atoms with E-state index in [1.807, 2.05) is 26.0 Å². The van der Waals surface area contributed by atoms with Crippen molar-refractivity contribution in [3.63, 3.8) is 0 Å². The van der Waals surface area contributed by atoms with Crippen molar-refractivity contribution in [3.8, 4) is 0 Å². The minimum absolute atomic E-state index is 0.0372. The first-order valence-electron chi connectivity index (χ1n) is 10.6. The Morgan fingerprint density at radius 3 is 2.17 bits per heavy atom. The van der Waals surface area contributed by atoms with Crippen LogP contribution in [0.2, 0.25) is 0 Å². The molecule has 1 N–H and O–H groups in total. The molecule has 2 amide bonds. The van der Waals surface area contributed by atoms with Gasteiger partial charge in [0.25, 0.3) is 0 Å². The zero-order valence-corrected chi connectivity index (χ0v) is 18.6. The Morgan fingerprint density at radius 1 is 0.967 bits per heavy atom. The molecule has 162 valence electrons. The molecule has 2 aromatic carbocycles. The predicted octanol–water partition coefficient (Wildman–Crippen LogP) is 4.82. The van der Waals surface area contributed by atoms with E-state index in [4.69, 9.17) is 0 Å². The van der Waals surface area contributed by atoms with Crippen LogP contribution in [0.1, 0.15) is 63.6 Å². The Kier molecular flexibility index (Phi) is 8.58. The van der Waals surface area contributed by atoms with Gasteiger partial charge in [0.2, 0.25) is 11.8 Å². The van der Waals surface area contributed by atoms with Crippen LogP contribution in [0.15, 0.2) is 48.5 Å². The summed E-state index contributed by atoms with van der Waals surface area (Å²) in [6, 6.07) is 13.9. The maximum Gasteiger partial charge on any atom is 0.242 e. The lowest BCUT2D eigenvalue weighted by Gasteiger charge is -2.29. The van der Waals surface area contributed by atoms with Crippen LogP contribution < -0.4 is 5.32 Å². The highest BCUT2D eigenvalue weighted by Crippen LogP contribution is 2.18. The number of carbonyl (C=O) groups is 2. The molecule has 0 fully saturated rings. The van der Waals surface area contributed by atoms with Gasteiger partial charge in [-0.3, -0.25) is 9.59 Å². The summed E-state index contributed by atoms with van der Waals surface area (Å²) in [7, 11) is 0. The highest BCUT2D eigenvalue weighted by atomic mass is 19.1. The third-order valence-corrected chi connectivity index (χ3v) is 5.17. The first kappa shape index (κ1) is 23.6. The Morgan fingerprint density at radius 2 is 1.60 bits per heavy atom. The minimum Gasteiger partial charge on any atom is -0.352 e. The lowest BCUT2D eigenvalue weighted by molar-refractivity contribution is -0.140. The van der Waals surface area contributed by atoms with Crippen molar-refractivity contribution >= 4 is 11.8 Å². The van der Waals surface area contributed by atoms with Gasteiger partial charge in [-0.25, -0.2) is 4.39 Å². The van der Waals surface area contributed by atoms with Crippen LogP contribution in [0.3, 0.4) is 0 Å². The average molecular weight is 413 g/mol. The second kappa shape index (κ2) is 10.9. The number of rotatable bonds is 9. The van der Waals surface area contributed by atoms with Crippen LogP contribution in [-0.4, -0.2) is 28.8 Å². The Hall–Kier alpha value is -2.69. The summed E-state index contributed by atoms with van der Waals surface area (Å²) in [5, 5.41) is 2.84. The second-order valence-electron chi connectivity index (χ2n) is 8.35. The van der Waals surface area contributed by atoms with Crippen LogP contribution in [0, 0.1) is 5.82 Å². The van der Waals surface area contributed by atoms with E-state index in [0.717, 1.165) is 5.56 Å². The second-order valence-corrected chi connectivity index (χ2v) is 8.35. The molecular formula is C25H33FN2O2. The lowest BCUT2D eigenvalue weighted by Crippen LogP contribution is -2.49. The zero-order valence-electron chi connectivity index (χ0n) is 18.6. The molecule has 30 heavy (non-hydrogen) atoms. The number of hydrogen-bond acceptors (Lipinski definition) is 2. The predicted molar refractivity (Wildman–Crippen MR) is 119 cm³/mol. The summed E-state index contributed by atoms with van der Waals surface area (Å²) >= 11 is 0. The van der Waals surface area contributed by atoms with Crippen molar-refractivity contribution in [2.75, 3.05) is 0 Å². The molecule has 0 saturated heterocycles. The highest BCUT2D eigenvalue weighted by Gasteiger charge is 2.27. The number of nitrogens with zero attached hydrogens (tertiary/aromatic N) is 1. The van der Waals surface area contributed by atoms with Crippen LogP contribution in [0.25, 0.3) is 0 Å². The number of amides is 2. The number of benzene rings is 2. The summed E-state index contributed by atoms with van der Waals surface area (Å²) in [6.07, 6.45) is 0.832.